The number of Topliss-reactive ketones (excluding diaryl/α,β-unsaturated/α-hetero) is 1. The minimum atomic E-state index is -0.683. The third kappa shape index (κ3) is 2.64. The first kappa shape index (κ1) is 17.2. The van der Waals surface area contributed by atoms with Gasteiger partial charge < -0.3 is 5.11 Å². The van der Waals surface area contributed by atoms with E-state index in [1.54, 1.807) is 0 Å². The van der Waals surface area contributed by atoms with E-state index in [2.05, 4.69) is 18.2 Å². The van der Waals surface area contributed by atoms with Crippen molar-refractivity contribution in [3.05, 3.63) is 112 Å². The highest BCUT2D eigenvalue weighted by Crippen LogP contribution is 2.51. The van der Waals surface area contributed by atoms with Gasteiger partial charge in [-0.3, -0.25) is 4.79 Å². The monoisotopic (exact) mass is 366 g/mol. The second-order valence-electron chi connectivity index (χ2n) is 7.92. The summed E-state index contributed by atoms with van der Waals surface area (Å²) in [6.07, 6.45) is 3.34. The van der Waals surface area contributed by atoms with Crippen LogP contribution in [0.2, 0.25) is 0 Å². The van der Waals surface area contributed by atoms with Crippen LogP contribution in [0.3, 0.4) is 0 Å². The van der Waals surface area contributed by atoms with Gasteiger partial charge in [-0.15, -0.1) is 0 Å². The first-order chi connectivity index (χ1) is 13.7. The lowest BCUT2D eigenvalue weighted by Gasteiger charge is -2.32. The van der Waals surface area contributed by atoms with Gasteiger partial charge in [-0.2, -0.15) is 0 Å². The maximum atomic E-state index is 13.7. The molecule has 0 saturated carbocycles. The molecule has 2 aliphatic rings. The quantitative estimate of drug-likeness (QED) is 0.691. The van der Waals surface area contributed by atoms with Crippen molar-refractivity contribution in [1.82, 2.24) is 0 Å². The Morgan fingerprint density at radius 3 is 2.29 bits per heavy atom. The average Bonchev–Trinajstić information content (AvgIpc) is 3.29. The Kier molecular flexibility index (Phi) is 4.03. The highest BCUT2D eigenvalue weighted by Gasteiger charge is 2.49. The molecule has 28 heavy (non-hydrogen) atoms. The molecule has 2 aliphatic carbocycles. The largest absolute Gasteiger partial charge is 0.388 e. The summed E-state index contributed by atoms with van der Waals surface area (Å²) in [7, 11) is 0. The summed E-state index contributed by atoms with van der Waals surface area (Å²) in [6.45, 7) is 0. The SMILES string of the molecule is O=C1c2ccccc2CC1(CC(O)c1ccccc1)C1=Cc2ccccc2C1. The van der Waals surface area contributed by atoms with Gasteiger partial charge >= 0.3 is 0 Å². The van der Waals surface area contributed by atoms with E-state index in [-0.39, 0.29) is 5.78 Å². The zero-order valence-electron chi connectivity index (χ0n) is 15.6. The number of benzene rings is 3. The molecule has 0 bridgehead atoms. The molecule has 0 aliphatic heterocycles. The summed E-state index contributed by atoms with van der Waals surface area (Å²) >= 11 is 0. The molecule has 0 spiro atoms. The molecule has 2 nitrogen and oxygen atoms in total. The number of fused-ring (bicyclic) bond motifs is 2. The highest BCUT2D eigenvalue weighted by atomic mass is 16.3. The van der Waals surface area contributed by atoms with Crippen molar-refractivity contribution in [3.8, 4) is 0 Å². The lowest BCUT2D eigenvalue weighted by atomic mass is 9.71. The minimum absolute atomic E-state index is 0.150. The molecule has 138 valence electrons. The van der Waals surface area contributed by atoms with Crippen LogP contribution in [0.1, 0.15) is 45.1 Å². The number of carbonyl (C=O) groups is 1. The molecule has 2 atom stereocenters. The van der Waals surface area contributed by atoms with Gasteiger partial charge in [0.05, 0.1) is 11.5 Å². The fourth-order valence-electron chi connectivity index (χ4n) is 4.82. The summed E-state index contributed by atoms with van der Waals surface area (Å²) in [5.41, 5.74) is 5.65. The standard InChI is InChI=1S/C26H22O2/c27-24(18-8-2-1-3-9-18)17-26(16-21-12-6-7-13-23(21)25(26)28)22-14-19-10-4-5-11-20(19)15-22/h1-14,24,27H,15-17H2. The van der Waals surface area contributed by atoms with Crippen LogP contribution in [-0.2, 0) is 12.8 Å². The van der Waals surface area contributed by atoms with E-state index >= 15 is 0 Å². The maximum Gasteiger partial charge on any atom is 0.173 e. The Hall–Kier alpha value is -2.97. The van der Waals surface area contributed by atoms with Gasteiger partial charge in [0.15, 0.2) is 5.78 Å². The summed E-state index contributed by atoms with van der Waals surface area (Å²) < 4.78 is 0. The van der Waals surface area contributed by atoms with Crippen molar-refractivity contribution >= 4 is 11.9 Å². The van der Waals surface area contributed by atoms with Crippen LogP contribution in [0.5, 0.6) is 0 Å². The molecule has 2 heteroatoms. The molecule has 2 unspecified atom stereocenters. The molecule has 0 saturated heterocycles. The first-order valence-corrected chi connectivity index (χ1v) is 9.82. The second kappa shape index (κ2) is 6.57. The molecule has 3 aromatic rings. The molecule has 5 rings (SSSR count). The normalized spacial score (nSPS) is 21.2. The summed E-state index contributed by atoms with van der Waals surface area (Å²) in [5, 5.41) is 11.0. The van der Waals surface area contributed by atoms with Gasteiger partial charge in [0.1, 0.15) is 0 Å². The average molecular weight is 366 g/mol. The fourth-order valence-corrected chi connectivity index (χ4v) is 4.82. The smallest absolute Gasteiger partial charge is 0.173 e. The van der Waals surface area contributed by atoms with E-state index < -0.39 is 11.5 Å². The molecule has 1 N–H and O–H groups in total. The Balaban J connectivity index is 1.58. The van der Waals surface area contributed by atoms with E-state index in [9.17, 15) is 9.90 Å². The van der Waals surface area contributed by atoms with Crippen LogP contribution >= 0.6 is 0 Å². The third-order valence-corrected chi connectivity index (χ3v) is 6.30. The van der Waals surface area contributed by atoms with Crippen LogP contribution in [0.4, 0.5) is 0 Å². The number of carbonyl (C=O) groups excluding carboxylic acids is 1. The Morgan fingerprint density at radius 2 is 1.54 bits per heavy atom. The van der Waals surface area contributed by atoms with Gasteiger partial charge in [0.25, 0.3) is 0 Å². The minimum Gasteiger partial charge on any atom is -0.388 e. The fraction of sp³-hybridized carbons (Fsp3) is 0.192. The topological polar surface area (TPSA) is 37.3 Å². The number of aliphatic hydroxyl groups excluding tert-OH is 1. The van der Waals surface area contributed by atoms with E-state index in [1.807, 2.05) is 66.7 Å². The van der Waals surface area contributed by atoms with Crippen molar-refractivity contribution in [1.29, 1.82) is 0 Å². The molecule has 0 fully saturated rings. The second-order valence-corrected chi connectivity index (χ2v) is 7.92. The van der Waals surface area contributed by atoms with Gasteiger partial charge in [-0.1, -0.05) is 90.5 Å². The zero-order chi connectivity index (χ0) is 19.1. The van der Waals surface area contributed by atoms with E-state index in [0.717, 1.165) is 28.7 Å². The van der Waals surface area contributed by atoms with Gasteiger partial charge in [0.2, 0.25) is 0 Å². The Bertz CT molecular complexity index is 1080. The predicted octanol–water partition coefficient (Wildman–Crippen LogP) is 5.18. The van der Waals surface area contributed by atoms with E-state index in [4.69, 9.17) is 0 Å². The Labute approximate surface area is 165 Å². The molecular formula is C26H22O2. The highest BCUT2D eigenvalue weighted by molar-refractivity contribution is 6.07. The molecule has 0 radical (unpaired) electrons. The third-order valence-electron chi connectivity index (χ3n) is 6.30. The molecular weight excluding hydrogens is 344 g/mol. The summed E-state index contributed by atoms with van der Waals surface area (Å²) in [6, 6.07) is 25.9. The van der Waals surface area contributed by atoms with Gasteiger partial charge in [0, 0.05) is 5.56 Å². The van der Waals surface area contributed by atoms with E-state index in [0.29, 0.717) is 12.8 Å². The van der Waals surface area contributed by atoms with Gasteiger partial charge in [-0.25, -0.2) is 0 Å². The van der Waals surface area contributed by atoms with Crippen LogP contribution in [-0.4, -0.2) is 10.9 Å². The van der Waals surface area contributed by atoms with Crippen molar-refractivity contribution in [2.45, 2.75) is 25.4 Å². The van der Waals surface area contributed by atoms with E-state index in [1.165, 1.54) is 11.1 Å². The number of hydrogen-bond acceptors (Lipinski definition) is 2. The van der Waals surface area contributed by atoms with Crippen LogP contribution in [0, 0.1) is 5.41 Å². The molecule has 0 aromatic heterocycles. The van der Waals surface area contributed by atoms with Crippen molar-refractivity contribution in [2.75, 3.05) is 0 Å². The number of rotatable bonds is 4. The number of ketones is 1. The molecule has 0 amide bonds. The van der Waals surface area contributed by atoms with Crippen molar-refractivity contribution in [3.63, 3.8) is 0 Å². The van der Waals surface area contributed by atoms with Crippen molar-refractivity contribution < 1.29 is 9.90 Å². The number of aliphatic hydroxyl groups is 1. The first-order valence-electron chi connectivity index (χ1n) is 9.82. The molecule has 0 heterocycles. The van der Waals surface area contributed by atoms with Crippen molar-refractivity contribution in [2.24, 2.45) is 5.41 Å². The lowest BCUT2D eigenvalue weighted by Crippen LogP contribution is -2.33. The Morgan fingerprint density at radius 1 is 0.857 bits per heavy atom. The number of allylic oxidation sites excluding steroid dienone is 1. The molecule has 3 aromatic carbocycles. The predicted molar refractivity (Wildman–Crippen MR) is 111 cm³/mol. The maximum absolute atomic E-state index is 13.7. The van der Waals surface area contributed by atoms with Gasteiger partial charge in [-0.05, 0) is 41.5 Å². The lowest BCUT2D eigenvalue weighted by molar-refractivity contribution is 0.0719. The zero-order valence-corrected chi connectivity index (χ0v) is 15.6. The van der Waals surface area contributed by atoms with Crippen LogP contribution in [0.15, 0.2) is 84.4 Å². The van der Waals surface area contributed by atoms with Crippen LogP contribution in [0.25, 0.3) is 6.08 Å². The summed E-state index contributed by atoms with van der Waals surface area (Å²) in [4.78, 5) is 13.7. The summed E-state index contributed by atoms with van der Waals surface area (Å²) in [5.74, 6) is 0.150. The number of hydrogen-bond donors (Lipinski definition) is 1. The van der Waals surface area contributed by atoms with Crippen LogP contribution < -0.4 is 0 Å².